The molecule has 0 aliphatic heterocycles. The minimum atomic E-state index is -4.27. The Kier molecular flexibility index (Phi) is 8.72. The van der Waals surface area contributed by atoms with Crippen molar-refractivity contribution in [3.63, 3.8) is 0 Å². The van der Waals surface area contributed by atoms with Crippen LogP contribution >= 0.6 is 7.72 Å². The van der Waals surface area contributed by atoms with Crippen LogP contribution in [0.5, 0.6) is 0 Å². The Morgan fingerprint density at radius 2 is 1.75 bits per heavy atom. The molecule has 11 heteroatoms. The van der Waals surface area contributed by atoms with Gasteiger partial charge in [0.15, 0.2) is 0 Å². The molecule has 152 valence electrons. The summed E-state index contributed by atoms with van der Waals surface area (Å²) in [6.45, 7) is 1.01. The topological polar surface area (TPSA) is 170 Å². The average molecular weight is 414 g/mol. The number of aliphatic carboxylic acids is 2. The van der Waals surface area contributed by atoms with Crippen LogP contribution in [0, 0.1) is 0 Å². The molecule has 1 amide bonds. The van der Waals surface area contributed by atoms with E-state index in [1.807, 2.05) is 0 Å². The summed E-state index contributed by atoms with van der Waals surface area (Å²) in [4.78, 5) is 65.4. The third-order valence-corrected chi connectivity index (χ3v) is 5.42. The first-order valence-corrected chi connectivity index (χ1v) is 9.90. The van der Waals surface area contributed by atoms with Gasteiger partial charge in [0.2, 0.25) is 0 Å². The third kappa shape index (κ3) is 7.83. The monoisotopic (exact) mass is 414 g/mol. The van der Waals surface area contributed by atoms with Crippen molar-refractivity contribution < 1.29 is 43.9 Å². The van der Waals surface area contributed by atoms with Crippen LogP contribution in [0.4, 0.5) is 4.79 Å². The van der Waals surface area contributed by atoms with Crippen molar-refractivity contribution in [2.45, 2.75) is 26.0 Å². The Labute approximate surface area is 161 Å². The summed E-state index contributed by atoms with van der Waals surface area (Å²) in [5.74, 6) is -2.89. The van der Waals surface area contributed by atoms with E-state index in [1.54, 1.807) is 30.3 Å². The number of benzene rings is 1. The fourth-order valence-corrected chi connectivity index (χ4v) is 3.56. The summed E-state index contributed by atoms with van der Waals surface area (Å²) in [7, 11) is -4.27. The highest BCUT2D eigenvalue weighted by Gasteiger charge is 2.45. The van der Waals surface area contributed by atoms with Crippen LogP contribution in [0.1, 0.15) is 18.9 Å². The molecule has 0 spiro atoms. The molecule has 5 N–H and O–H groups in total. The van der Waals surface area contributed by atoms with Crippen LogP contribution < -0.4 is 5.32 Å². The van der Waals surface area contributed by atoms with Gasteiger partial charge in [0, 0.05) is 18.1 Å². The number of allylic oxidation sites excluding steroid dienone is 1. The second kappa shape index (κ2) is 10.5. The smallest absolute Gasteiger partial charge is 0.408 e. The highest BCUT2D eigenvalue weighted by atomic mass is 31.2. The lowest BCUT2D eigenvalue weighted by atomic mass is 10.2. The molecule has 10 nitrogen and oxygen atoms in total. The predicted molar refractivity (Wildman–Crippen MR) is 98.4 cm³/mol. The maximum atomic E-state index is 11.9. The zero-order chi connectivity index (χ0) is 21.3. The summed E-state index contributed by atoms with van der Waals surface area (Å²) in [6, 6.07) is 7.13. The lowest BCUT2D eigenvalue weighted by molar-refractivity contribution is -0.139. The molecule has 0 saturated carbocycles. The predicted octanol–water partition coefficient (Wildman–Crippen LogP) is 1.15. The second-order valence-electron chi connectivity index (χ2n) is 5.81. The Morgan fingerprint density at radius 3 is 2.29 bits per heavy atom. The number of alkyl carbamates (subject to hydrolysis) is 1. The standard InChI is InChI=1S/C17H20NO9P/c1-11(9-14(19)20)16(23)28(25,26)8-7-13(15(21)22)18-17(24)27-10-12-5-3-2-4-6-12/h2-6,9,13,25-26H,7-8,10H2,1H3,(H2-,18,19,20,21,22,24)/p+1/t13-/m0/s1. The summed E-state index contributed by atoms with van der Waals surface area (Å²) in [5, 5.41) is 19.9. The van der Waals surface area contributed by atoms with E-state index in [0.29, 0.717) is 11.6 Å². The summed E-state index contributed by atoms with van der Waals surface area (Å²) < 4.78 is 4.90. The van der Waals surface area contributed by atoms with Crippen LogP contribution in [0.15, 0.2) is 42.0 Å². The number of ether oxygens (including phenoxy) is 1. The zero-order valence-corrected chi connectivity index (χ0v) is 15.8. The average Bonchev–Trinajstić information content (AvgIpc) is 2.62. The van der Waals surface area contributed by atoms with E-state index in [-0.39, 0.29) is 12.2 Å². The first-order valence-electron chi connectivity index (χ1n) is 8.02. The van der Waals surface area contributed by atoms with Gasteiger partial charge in [-0.25, -0.2) is 29.0 Å². The molecule has 1 atom stereocenters. The summed E-state index contributed by atoms with van der Waals surface area (Å²) >= 11 is 0. The first kappa shape index (κ1) is 23.2. The molecule has 0 radical (unpaired) electrons. The molecule has 0 aromatic heterocycles. The molecular formula is C17H21NO9P+. The minimum Gasteiger partial charge on any atom is -0.480 e. The van der Waals surface area contributed by atoms with E-state index in [2.05, 4.69) is 5.32 Å². The zero-order valence-electron chi connectivity index (χ0n) is 14.9. The fraction of sp³-hybridized carbons (Fsp3) is 0.294. The van der Waals surface area contributed by atoms with Crippen molar-refractivity contribution in [3.05, 3.63) is 47.5 Å². The van der Waals surface area contributed by atoms with Crippen molar-refractivity contribution >= 4 is 31.3 Å². The van der Waals surface area contributed by atoms with Crippen LogP contribution in [0.3, 0.4) is 0 Å². The Hall–Kier alpha value is -2.81. The van der Waals surface area contributed by atoms with Crippen LogP contribution in [0.2, 0.25) is 0 Å². The van der Waals surface area contributed by atoms with Crippen LogP contribution in [0.25, 0.3) is 0 Å². The van der Waals surface area contributed by atoms with Gasteiger partial charge in [-0.1, -0.05) is 30.3 Å². The van der Waals surface area contributed by atoms with E-state index in [1.165, 1.54) is 0 Å². The number of amides is 1. The van der Waals surface area contributed by atoms with Gasteiger partial charge in [-0.05, 0) is 12.5 Å². The maximum Gasteiger partial charge on any atom is 0.408 e. The van der Waals surface area contributed by atoms with Crippen molar-refractivity contribution in [2.75, 3.05) is 6.16 Å². The minimum absolute atomic E-state index is 0.0897. The van der Waals surface area contributed by atoms with E-state index < -0.39 is 49.9 Å². The van der Waals surface area contributed by atoms with Crippen molar-refractivity contribution in [3.8, 4) is 0 Å². The first-order chi connectivity index (χ1) is 13.0. The molecule has 0 heterocycles. The molecule has 0 aliphatic rings. The van der Waals surface area contributed by atoms with Gasteiger partial charge >= 0.3 is 31.3 Å². The van der Waals surface area contributed by atoms with Gasteiger partial charge in [0.25, 0.3) is 0 Å². The van der Waals surface area contributed by atoms with E-state index in [0.717, 1.165) is 6.92 Å². The SMILES string of the molecule is CC(=CC(=O)O)C(=O)[P+](O)(O)CC[C@H](NC(=O)OCc1ccccc1)C(=O)O. The molecular weight excluding hydrogens is 393 g/mol. The Bertz CT molecular complexity index is 761. The molecule has 0 fully saturated rings. The lowest BCUT2D eigenvalue weighted by Crippen LogP contribution is -2.41. The van der Waals surface area contributed by atoms with Gasteiger partial charge in [-0.15, -0.1) is 0 Å². The number of carboxylic acid groups (broad SMARTS) is 2. The Balaban J connectivity index is 2.64. The van der Waals surface area contributed by atoms with E-state index in [4.69, 9.17) is 9.84 Å². The lowest BCUT2D eigenvalue weighted by Gasteiger charge is -2.16. The molecule has 0 unspecified atom stereocenters. The van der Waals surface area contributed by atoms with Crippen molar-refractivity contribution in [1.82, 2.24) is 5.32 Å². The third-order valence-electron chi connectivity index (χ3n) is 3.54. The van der Waals surface area contributed by atoms with Gasteiger partial charge in [-0.2, -0.15) is 0 Å². The second-order valence-corrected chi connectivity index (χ2v) is 8.12. The molecule has 0 saturated heterocycles. The summed E-state index contributed by atoms with van der Waals surface area (Å²) in [5.41, 5.74) is -0.870. The van der Waals surface area contributed by atoms with Gasteiger partial charge < -0.3 is 20.3 Å². The number of carbonyl (C=O) groups is 4. The number of carboxylic acids is 2. The van der Waals surface area contributed by atoms with Crippen molar-refractivity contribution in [1.29, 1.82) is 0 Å². The van der Waals surface area contributed by atoms with Crippen LogP contribution in [-0.2, 0) is 25.7 Å². The quantitative estimate of drug-likeness (QED) is 0.278. The van der Waals surface area contributed by atoms with Gasteiger partial charge in [-0.3, -0.25) is 0 Å². The largest absolute Gasteiger partial charge is 0.480 e. The number of nitrogens with one attached hydrogen (secondary N) is 1. The van der Waals surface area contributed by atoms with Crippen LogP contribution in [-0.4, -0.2) is 55.8 Å². The Morgan fingerprint density at radius 1 is 1.14 bits per heavy atom. The fourth-order valence-electron chi connectivity index (χ4n) is 2.10. The molecule has 1 rings (SSSR count). The highest BCUT2D eigenvalue weighted by Crippen LogP contribution is 2.53. The molecule has 0 aliphatic carbocycles. The van der Waals surface area contributed by atoms with E-state index >= 15 is 0 Å². The maximum absolute atomic E-state index is 11.9. The molecule has 1 aromatic carbocycles. The highest BCUT2D eigenvalue weighted by molar-refractivity contribution is 7.81. The molecule has 1 aromatic rings. The molecule has 28 heavy (non-hydrogen) atoms. The van der Waals surface area contributed by atoms with Gasteiger partial charge in [0.1, 0.15) is 18.8 Å². The summed E-state index contributed by atoms with van der Waals surface area (Å²) in [6.07, 6.45) is -1.61. The van der Waals surface area contributed by atoms with Crippen molar-refractivity contribution in [2.24, 2.45) is 0 Å². The van der Waals surface area contributed by atoms with Gasteiger partial charge in [0.05, 0.1) is 0 Å². The number of hydrogen-bond donors (Lipinski definition) is 5. The normalized spacial score (nSPS) is 12.8. The number of rotatable bonds is 10. The number of carbonyl (C=O) groups excluding carboxylic acids is 2. The molecule has 0 bridgehead atoms. The van der Waals surface area contributed by atoms with E-state index in [9.17, 15) is 34.1 Å². The number of hydrogen-bond acceptors (Lipinski definition) is 7.